The lowest BCUT2D eigenvalue weighted by Crippen LogP contribution is -2.36. The monoisotopic (exact) mass is 443 g/mol. The molecule has 8 nitrogen and oxygen atoms in total. The van der Waals surface area contributed by atoms with Gasteiger partial charge in [0.2, 0.25) is 0 Å². The highest BCUT2D eigenvalue weighted by Crippen LogP contribution is 2.29. The third-order valence-electron chi connectivity index (χ3n) is 5.96. The van der Waals surface area contributed by atoms with Gasteiger partial charge in [-0.25, -0.2) is 9.97 Å². The van der Waals surface area contributed by atoms with Gasteiger partial charge in [0, 0.05) is 48.6 Å². The van der Waals surface area contributed by atoms with E-state index in [0.717, 1.165) is 67.4 Å². The fourth-order valence-corrected chi connectivity index (χ4v) is 4.23. The van der Waals surface area contributed by atoms with Gasteiger partial charge in [-0.3, -0.25) is 5.84 Å². The van der Waals surface area contributed by atoms with E-state index in [4.69, 9.17) is 15.6 Å². The number of rotatable bonds is 7. The largest absolute Gasteiger partial charge is 0.378 e. The molecule has 0 radical (unpaired) electrons. The fraction of sp³-hybridized carbons (Fsp3) is 0.280. The molecule has 33 heavy (non-hydrogen) atoms. The number of hydrogen-bond donors (Lipinski definition) is 3. The minimum atomic E-state index is 0.705. The van der Waals surface area contributed by atoms with Crippen LogP contribution in [0.3, 0.4) is 0 Å². The van der Waals surface area contributed by atoms with Gasteiger partial charge >= 0.3 is 0 Å². The zero-order chi connectivity index (χ0) is 22.6. The van der Waals surface area contributed by atoms with Crippen LogP contribution < -0.4 is 21.5 Å². The van der Waals surface area contributed by atoms with Crippen molar-refractivity contribution in [1.29, 1.82) is 0 Å². The molecule has 2 aromatic carbocycles. The summed E-state index contributed by atoms with van der Waals surface area (Å²) in [5, 5.41) is 3.46. The highest BCUT2D eigenvalue weighted by Gasteiger charge is 2.13. The second kappa shape index (κ2) is 9.48. The van der Waals surface area contributed by atoms with Crippen LogP contribution in [0, 0.1) is 0 Å². The molecule has 0 atom stereocenters. The molecule has 8 heteroatoms. The van der Waals surface area contributed by atoms with E-state index in [1.165, 1.54) is 11.3 Å². The molecule has 0 amide bonds. The molecule has 0 spiro atoms. The number of ether oxygens (including phenoxy) is 1. The number of imidazole rings is 1. The Morgan fingerprint density at radius 2 is 1.91 bits per heavy atom. The third-order valence-corrected chi connectivity index (χ3v) is 5.96. The summed E-state index contributed by atoms with van der Waals surface area (Å²) in [5.41, 5.74) is 9.73. The van der Waals surface area contributed by atoms with Gasteiger partial charge in [-0.1, -0.05) is 25.5 Å². The second-order valence-electron chi connectivity index (χ2n) is 8.17. The number of nitrogens with one attached hydrogen (secondary N) is 2. The minimum absolute atomic E-state index is 0.705. The van der Waals surface area contributed by atoms with E-state index in [1.807, 2.05) is 16.8 Å². The summed E-state index contributed by atoms with van der Waals surface area (Å²) in [6.45, 7) is 5.54. The zero-order valence-electron chi connectivity index (χ0n) is 18.8. The van der Waals surface area contributed by atoms with E-state index in [2.05, 4.69) is 70.0 Å². The van der Waals surface area contributed by atoms with E-state index in [-0.39, 0.29) is 0 Å². The Kier molecular flexibility index (Phi) is 6.10. The number of nitrogen functional groups attached to an aromatic ring is 1. The number of anilines is 4. The quantitative estimate of drug-likeness (QED) is 0.291. The number of morpholine rings is 1. The van der Waals surface area contributed by atoms with Crippen LogP contribution >= 0.6 is 0 Å². The molecule has 0 bridgehead atoms. The van der Waals surface area contributed by atoms with Crippen molar-refractivity contribution >= 4 is 28.5 Å². The number of nitrogens with zero attached hydrogens (tertiary/aromatic N) is 4. The van der Waals surface area contributed by atoms with Crippen LogP contribution in [0.15, 0.2) is 61.1 Å². The van der Waals surface area contributed by atoms with Gasteiger partial charge in [0.25, 0.3) is 0 Å². The van der Waals surface area contributed by atoms with Gasteiger partial charge in [0.1, 0.15) is 0 Å². The van der Waals surface area contributed by atoms with Gasteiger partial charge in [-0.05, 0) is 42.3 Å². The fourth-order valence-electron chi connectivity index (χ4n) is 4.23. The summed E-state index contributed by atoms with van der Waals surface area (Å²) in [7, 11) is 0. The maximum Gasteiger partial charge on any atom is 0.180 e. The van der Waals surface area contributed by atoms with Gasteiger partial charge in [-0.2, -0.15) is 0 Å². The average Bonchev–Trinajstić information content (AvgIpc) is 3.35. The first kappa shape index (κ1) is 21.2. The molecule has 170 valence electrons. The first-order valence-corrected chi connectivity index (χ1v) is 11.4. The minimum Gasteiger partial charge on any atom is -0.378 e. The normalized spacial score (nSPS) is 13.9. The van der Waals surface area contributed by atoms with Crippen molar-refractivity contribution in [2.75, 3.05) is 41.9 Å². The molecule has 0 saturated carbocycles. The van der Waals surface area contributed by atoms with E-state index in [9.17, 15) is 0 Å². The lowest BCUT2D eigenvalue weighted by atomic mass is 10.0. The van der Waals surface area contributed by atoms with E-state index in [1.54, 1.807) is 6.20 Å². The van der Waals surface area contributed by atoms with E-state index in [0.29, 0.717) is 5.82 Å². The molecule has 1 saturated heterocycles. The van der Waals surface area contributed by atoms with Gasteiger partial charge in [0.15, 0.2) is 11.5 Å². The maximum absolute atomic E-state index is 5.79. The molecule has 1 fully saturated rings. The number of hydrogen-bond acceptors (Lipinski definition) is 7. The molecule has 2 aromatic heterocycles. The van der Waals surface area contributed by atoms with Crippen LogP contribution in [0.25, 0.3) is 16.9 Å². The molecule has 4 N–H and O–H groups in total. The van der Waals surface area contributed by atoms with Crippen molar-refractivity contribution in [2.24, 2.45) is 5.84 Å². The number of hydrazine groups is 1. The van der Waals surface area contributed by atoms with Crippen LogP contribution in [-0.2, 0) is 11.2 Å². The van der Waals surface area contributed by atoms with Crippen LogP contribution in [0.4, 0.5) is 22.9 Å². The van der Waals surface area contributed by atoms with Crippen LogP contribution in [-0.4, -0.2) is 40.7 Å². The molecule has 0 unspecified atom stereocenters. The predicted molar refractivity (Wildman–Crippen MR) is 133 cm³/mol. The summed E-state index contributed by atoms with van der Waals surface area (Å²) in [5.74, 6) is 6.50. The van der Waals surface area contributed by atoms with Crippen molar-refractivity contribution < 1.29 is 4.74 Å². The van der Waals surface area contributed by atoms with E-state index < -0.39 is 0 Å². The topological polar surface area (TPSA) is 92.7 Å². The number of aryl methyl sites for hydroxylation is 1. The summed E-state index contributed by atoms with van der Waals surface area (Å²) in [6.07, 6.45) is 7.74. The summed E-state index contributed by atoms with van der Waals surface area (Å²) in [4.78, 5) is 11.7. The SMILES string of the molecule is CCCc1ccc(-c2cn3ccnc3c(Nc3ccc(N4CCOCC4)cc3)n2)cc1NN. The Labute approximate surface area is 193 Å². The standard InChI is InChI=1S/C25H29N7O/c1-2-3-18-4-5-19(16-22(18)30-26)23-17-32-11-10-27-25(32)24(29-23)28-20-6-8-21(9-7-20)31-12-14-33-15-13-31/h4-11,16-17,30H,2-3,12-15,26H2,1H3,(H,28,29). The highest BCUT2D eigenvalue weighted by molar-refractivity contribution is 5.75. The van der Waals surface area contributed by atoms with Gasteiger partial charge < -0.3 is 24.8 Å². The Morgan fingerprint density at radius 1 is 1.09 bits per heavy atom. The van der Waals surface area contributed by atoms with Crippen LogP contribution in [0.1, 0.15) is 18.9 Å². The molecule has 3 heterocycles. The molecule has 4 aromatic rings. The first-order chi connectivity index (χ1) is 16.2. The van der Waals surface area contributed by atoms with Crippen molar-refractivity contribution in [2.45, 2.75) is 19.8 Å². The molecule has 5 rings (SSSR count). The lowest BCUT2D eigenvalue weighted by Gasteiger charge is -2.28. The van der Waals surface area contributed by atoms with Gasteiger partial charge in [0.05, 0.1) is 24.6 Å². The Morgan fingerprint density at radius 3 is 2.67 bits per heavy atom. The predicted octanol–water partition coefficient (Wildman–Crippen LogP) is 4.21. The first-order valence-electron chi connectivity index (χ1n) is 11.4. The second-order valence-corrected chi connectivity index (χ2v) is 8.17. The summed E-state index contributed by atoms with van der Waals surface area (Å²) in [6, 6.07) is 14.7. The molecule has 0 aliphatic carbocycles. The van der Waals surface area contributed by atoms with Crippen LogP contribution in [0.5, 0.6) is 0 Å². The van der Waals surface area contributed by atoms with Crippen molar-refractivity contribution in [3.8, 4) is 11.3 Å². The smallest absolute Gasteiger partial charge is 0.180 e. The van der Waals surface area contributed by atoms with Crippen molar-refractivity contribution in [1.82, 2.24) is 14.4 Å². The number of benzene rings is 2. The van der Waals surface area contributed by atoms with E-state index >= 15 is 0 Å². The van der Waals surface area contributed by atoms with Crippen molar-refractivity contribution in [3.63, 3.8) is 0 Å². The Hall–Kier alpha value is -3.62. The average molecular weight is 444 g/mol. The maximum atomic E-state index is 5.79. The van der Waals surface area contributed by atoms with Crippen LogP contribution in [0.2, 0.25) is 0 Å². The Balaban J connectivity index is 1.45. The third kappa shape index (κ3) is 4.48. The van der Waals surface area contributed by atoms with Gasteiger partial charge in [-0.15, -0.1) is 0 Å². The number of aromatic nitrogens is 3. The Bertz CT molecular complexity index is 1230. The number of fused-ring (bicyclic) bond motifs is 1. The number of nitrogens with two attached hydrogens (primary N) is 1. The van der Waals surface area contributed by atoms with Crippen molar-refractivity contribution in [3.05, 3.63) is 66.6 Å². The zero-order valence-corrected chi connectivity index (χ0v) is 18.8. The molecular weight excluding hydrogens is 414 g/mol. The molecule has 1 aliphatic rings. The molecule has 1 aliphatic heterocycles. The summed E-state index contributed by atoms with van der Waals surface area (Å²) < 4.78 is 7.44. The summed E-state index contributed by atoms with van der Waals surface area (Å²) >= 11 is 0. The lowest BCUT2D eigenvalue weighted by molar-refractivity contribution is 0.122. The highest BCUT2D eigenvalue weighted by atomic mass is 16.5. The molecular formula is C25H29N7O.